The smallest absolute Gasteiger partial charge is 0.348 e. The van der Waals surface area contributed by atoms with Crippen LogP contribution in [0.4, 0.5) is 10.1 Å². The fourth-order valence-corrected chi connectivity index (χ4v) is 3.74. The number of nitrogens with one attached hydrogen (secondary N) is 1. The highest BCUT2D eigenvalue weighted by Crippen LogP contribution is 2.27. The number of carbonyl (C=O) groups excluding carboxylic acids is 3. The number of thiophene rings is 1. The maximum absolute atomic E-state index is 13.2. The highest BCUT2D eigenvalue weighted by Gasteiger charge is 2.20. The van der Waals surface area contributed by atoms with E-state index in [9.17, 15) is 18.8 Å². The lowest BCUT2D eigenvalue weighted by atomic mass is 10.1. The molecule has 1 N–H and O–H groups in total. The molecule has 0 spiro atoms. The molecule has 1 amide bonds. The van der Waals surface area contributed by atoms with Crippen molar-refractivity contribution in [2.75, 3.05) is 11.9 Å². The first-order valence-corrected chi connectivity index (χ1v) is 8.63. The Labute approximate surface area is 151 Å². The monoisotopic (exact) mass is 369 g/mol. The van der Waals surface area contributed by atoms with Crippen LogP contribution in [-0.2, 0) is 16.0 Å². The Kier molecular flexibility index (Phi) is 4.00. The van der Waals surface area contributed by atoms with Gasteiger partial charge in [0, 0.05) is 16.0 Å². The summed E-state index contributed by atoms with van der Waals surface area (Å²) in [5.74, 6) is -1.47. The molecule has 3 aromatic rings. The Morgan fingerprint density at radius 2 is 2.00 bits per heavy atom. The van der Waals surface area contributed by atoms with Crippen molar-refractivity contribution in [1.82, 2.24) is 0 Å². The van der Waals surface area contributed by atoms with E-state index in [0.717, 1.165) is 10.3 Å². The topological polar surface area (TPSA) is 72.5 Å². The van der Waals surface area contributed by atoms with Gasteiger partial charge in [0.15, 0.2) is 12.4 Å². The van der Waals surface area contributed by atoms with Gasteiger partial charge in [-0.05, 0) is 53.4 Å². The SMILES string of the molecule is O=C1Cc2cc(C(=O)COC(=O)c3cc4cc(F)ccc4s3)ccc2N1. The summed E-state index contributed by atoms with van der Waals surface area (Å²) < 4.78 is 19.1. The van der Waals surface area contributed by atoms with Crippen molar-refractivity contribution < 1.29 is 23.5 Å². The Morgan fingerprint density at radius 3 is 2.85 bits per heavy atom. The summed E-state index contributed by atoms with van der Waals surface area (Å²) in [4.78, 5) is 36.1. The number of hydrogen-bond donors (Lipinski definition) is 1. The standard InChI is InChI=1S/C19H12FNO4S/c20-13-2-4-16-12(6-13)7-17(26-16)19(24)25-9-15(22)10-1-3-14-11(5-10)8-18(23)21-14/h1-7H,8-9H2,(H,21,23). The highest BCUT2D eigenvalue weighted by atomic mass is 32.1. The van der Waals surface area contributed by atoms with Gasteiger partial charge in [-0.15, -0.1) is 11.3 Å². The van der Waals surface area contributed by atoms with Gasteiger partial charge >= 0.3 is 5.97 Å². The average molecular weight is 369 g/mol. The summed E-state index contributed by atoms with van der Waals surface area (Å²) in [5, 5.41) is 3.31. The van der Waals surface area contributed by atoms with Crippen LogP contribution >= 0.6 is 11.3 Å². The van der Waals surface area contributed by atoms with Gasteiger partial charge < -0.3 is 10.1 Å². The lowest BCUT2D eigenvalue weighted by Crippen LogP contribution is -2.13. The molecular weight excluding hydrogens is 357 g/mol. The van der Waals surface area contributed by atoms with E-state index in [-0.39, 0.29) is 23.9 Å². The van der Waals surface area contributed by atoms with Gasteiger partial charge in [-0.2, -0.15) is 0 Å². The molecule has 0 saturated carbocycles. The highest BCUT2D eigenvalue weighted by molar-refractivity contribution is 7.20. The van der Waals surface area contributed by atoms with Gasteiger partial charge in [0.25, 0.3) is 0 Å². The van der Waals surface area contributed by atoms with E-state index in [0.29, 0.717) is 21.5 Å². The second-order valence-corrected chi connectivity index (χ2v) is 6.97. The number of benzene rings is 2. The molecule has 26 heavy (non-hydrogen) atoms. The molecule has 2 heterocycles. The number of Topliss-reactive ketones (excluding diaryl/α,β-unsaturated/α-hetero) is 1. The summed E-state index contributed by atoms with van der Waals surface area (Å²) in [6.45, 7) is -0.401. The van der Waals surface area contributed by atoms with E-state index < -0.39 is 12.6 Å². The van der Waals surface area contributed by atoms with Crippen molar-refractivity contribution >= 4 is 44.8 Å². The third-order valence-corrected chi connectivity index (χ3v) is 5.16. The van der Waals surface area contributed by atoms with Gasteiger partial charge in [0.05, 0.1) is 6.42 Å². The maximum Gasteiger partial charge on any atom is 0.348 e. The molecule has 0 fully saturated rings. The fourth-order valence-electron chi connectivity index (χ4n) is 2.80. The molecule has 2 aromatic carbocycles. The zero-order valence-electron chi connectivity index (χ0n) is 13.4. The number of ketones is 1. The van der Waals surface area contributed by atoms with Crippen LogP contribution in [0.5, 0.6) is 0 Å². The predicted molar refractivity (Wildman–Crippen MR) is 95.2 cm³/mol. The summed E-state index contributed by atoms with van der Waals surface area (Å²) in [6.07, 6.45) is 0.231. The summed E-state index contributed by atoms with van der Waals surface area (Å²) >= 11 is 1.18. The molecule has 0 bridgehead atoms. The van der Waals surface area contributed by atoms with E-state index >= 15 is 0 Å². The van der Waals surface area contributed by atoms with Gasteiger partial charge in [-0.1, -0.05) is 0 Å². The summed E-state index contributed by atoms with van der Waals surface area (Å²) in [6, 6.07) is 10.7. The van der Waals surface area contributed by atoms with Gasteiger partial charge in [0.2, 0.25) is 5.91 Å². The Bertz CT molecular complexity index is 1070. The van der Waals surface area contributed by atoms with Crippen LogP contribution in [0.3, 0.4) is 0 Å². The van der Waals surface area contributed by atoms with Crippen molar-refractivity contribution in [2.45, 2.75) is 6.42 Å². The minimum atomic E-state index is -0.627. The van der Waals surface area contributed by atoms with E-state index in [1.165, 1.54) is 23.5 Å². The third kappa shape index (κ3) is 3.09. The van der Waals surface area contributed by atoms with Crippen molar-refractivity contribution in [1.29, 1.82) is 0 Å². The van der Waals surface area contributed by atoms with Crippen LogP contribution in [-0.4, -0.2) is 24.3 Å². The number of hydrogen-bond acceptors (Lipinski definition) is 5. The van der Waals surface area contributed by atoms with Crippen molar-refractivity contribution in [3.8, 4) is 0 Å². The van der Waals surface area contributed by atoms with Crippen molar-refractivity contribution in [3.63, 3.8) is 0 Å². The molecule has 0 atom stereocenters. The van der Waals surface area contributed by atoms with Gasteiger partial charge in [-0.3, -0.25) is 9.59 Å². The van der Waals surface area contributed by atoms with Crippen LogP contribution in [0.1, 0.15) is 25.6 Å². The lowest BCUT2D eigenvalue weighted by molar-refractivity contribution is -0.115. The van der Waals surface area contributed by atoms with Gasteiger partial charge in [0.1, 0.15) is 10.7 Å². The zero-order valence-corrected chi connectivity index (χ0v) is 14.2. The van der Waals surface area contributed by atoms with E-state index in [1.807, 2.05) is 0 Å². The van der Waals surface area contributed by atoms with Crippen LogP contribution in [0, 0.1) is 5.82 Å². The third-order valence-electron chi connectivity index (χ3n) is 4.07. The van der Waals surface area contributed by atoms with Crippen LogP contribution in [0.25, 0.3) is 10.1 Å². The number of amides is 1. The maximum atomic E-state index is 13.2. The summed E-state index contributed by atoms with van der Waals surface area (Å²) in [5.41, 5.74) is 1.83. The minimum Gasteiger partial charge on any atom is -0.453 e. The Balaban J connectivity index is 1.44. The lowest BCUT2D eigenvalue weighted by Gasteiger charge is -2.05. The first-order chi connectivity index (χ1) is 12.5. The number of halogens is 1. The number of carbonyl (C=O) groups is 3. The van der Waals surface area contributed by atoms with Crippen LogP contribution < -0.4 is 5.32 Å². The molecular formula is C19H12FNO4S. The Morgan fingerprint density at radius 1 is 1.15 bits per heavy atom. The van der Waals surface area contributed by atoms with E-state index in [1.54, 1.807) is 30.3 Å². The average Bonchev–Trinajstić information content (AvgIpc) is 3.20. The van der Waals surface area contributed by atoms with Crippen LogP contribution in [0.2, 0.25) is 0 Å². The molecule has 130 valence electrons. The molecule has 1 aliphatic heterocycles. The number of anilines is 1. The predicted octanol–water partition coefficient (Wildman–Crippen LogP) is 3.57. The first kappa shape index (κ1) is 16.4. The molecule has 0 radical (unpaired) electrons. The molecule has 1 aromatic heterocycles. The second kappa shape index (κ2) is 6.34. The largest absolute Gasteiger partial charge is 0.453 e. The molecule has 1 aliphatic rings. The minimum absolute atomic E-state index is 0.114. The quantitative estimate of drug-likeness (QED) is 0.564. The molecule has 5 nitrogen and oxygen atoms in total. The normalized spacial score (nSPS) is 12.7. The van der Waals surface area contributed by atoms with Gasteiger partial charge in [-0.25, -0.2) is 9.18 Å². The molecule has 0 aliphatic carbocycles. The van der Waals surface area contributed by atoms with E-state index in [4.69, 9.17) is 4.74 Å². The number of rotatable bonds is 4. The molecule has 7 heteroatoms. The fraction of sp³-hybridized carbons (Fsp3) is 0.105. The Hall–Kier alpha value is -3.06. The zero-order chi connectivity index (χ0) is 18.3. The van der Waals surface area contributed by atoms with Crippen molar-refractivity contribution in [3.05, 3.63) is 64.3 Å². The van der Waals surface area contributed by atoms with Crippen molar-refractivity contribution in [2.24, 2.45) is 0 Å². The molecule has 4 rings (SSSR count). The first-order valence-electron chi connectivity index (χ1n) is 7.82. The summed E-state index contributed by atoms with van der Waals surface area (Å²) in [7, 11) is 0. The molecule has 0 saturated heterocycles. The number of ether oxygens (including phenoxy) is 1. The number of esters is 1. The molecule has 0 unspecified atom stereocenters. The van der Waals surface area contributed by atoms with E-state index in [2.05, 4.69) is 5.32 Å². The second-order valence-electron chi connectivity index (χ2n) is 5.89. The number of fused-ring (bicyclic) bond motifs is 2. The van der Waals surface area contributed by atoms with Crippen LogP contribution in [0.15, 0.2) is 42.5 Å².